The molecule has 0 bridgehead atoms. The van der Waals surface area contributed by atoms with Crippen molar-refractivity contribution in [3.05, 3.63) is 35.6 Å². The zero-order valence-corrected chi connectivity index (χ0v) is 13.3. The fourth-order valence-electron chi connectivity index (χ4n) is 2.27. The van der Waals surface area contributed by atoms with E-state index in [1.807, 2.05) is 5.32 Å². The molecule has 1 atom stereocenters. The Morgan fingerprint density at radius 1 is 1.23 bits per heavy atom. The van der Waals surface area contributed by atoms with Crippen molar-refractivity contribution in [3.8, 4) is 0 Å². The minimum atomic E-state index is -0.836. The monoisotopic (exact) mass is 309 g/mol. The van der Waals surface area contributed by atoms with E-state index >= 15 is 0 Å². The van der Waals surface area contributed by atoms with E-state index in [9.17, 15) is 14.0 Å². The first kappa shape index (κ1) is 18.1. The summed E-state index contributed by atoms with van der Waals surface area (Å²) in [5.41, 5.74) is 5.81. The summed E-state index contributed by atoms with van der Waals surface area (Å²) in [6, 6.07) is 5.60. The molecule has 4 N–H and O–H groups in total. The number of carbonyl (C=O) groups excluding carboxylic acids is 2. The number of imide groups is 1. The number of benzene rings is 1. The van der Waals surface area contributed by atoms with E-state index < -0.39 is 6.03 Å². The molecule has 0 aromatic heterocycles. The van der Waals surface area contributed by atoms with E-state index in [0.717, 1.165) is 5.56 Å². The maximum atomic E-state index is 13.0. The highest BCUT2D eigenvalue weighted by Crippen LogP contribution is 2.32. The minimum absolute atomic E-state index is 0.0345. The third-order valence-corrected chi connectivity index (χ3v) is 3.26. The highest BCUT2D eigenvalue weighted by atomic mass is 19.1. The maximum Gasteiger partial charge on any atom is 0.318 e. The predicted molar refractivity (Wildman–Crippen MR) is 83.6 cm³/mol. The first-order valence-electron chi connectivity index (χ1n) is 7.28. The Morgan fingerprint density at radius 2 is 1.82 bits per heavy atom. The fraction of sp³-hybridized carbons (Fsp3) is 0.500. The Kier molecular flexibility index (Phi) is 6.49. The lowest BCUT2D eigenvalue weighted by atomic mass is 9.82. The lowest BCUT2D eigenvalue weighted by Gasteiger charge is -2.32. The number of hydrogen-bond donors (Lipinski definition) is 3. The average Bonchev–Trinajstić information content (AvgIpc) is 2.38. The number of hydrogen-bond acceptors (Lipinski definition) is 3. The van der Waals surface area contributed by atoms with Gasteiger partial charge in [0, 0.05) is 12.5 Å². The average molecular weight is 309 g/mol. The van der Waals surface area contributed by atoms with Crippen molar-refractivity contribution in [1.29, 1.82) is 0 Å². The van der Waals surface area contributed by atoms with Gasteiger partial charge in [0.15, 0.2) is 0 Å². The Hall–Kier alpha value is -1.95. The summed E-state index contributed by atoms with van der Waals surface area (Å²) in [5, 5.41) is 5.42. The second-order valence-corrected chi connectivity index (χ2v) is 6.32. The van der Waals surface area contributed by atoms with Crippen molar-refractivity contribution in [3.63, 3.8) is 0 Å². The Balaban J connectivity index is 2.55. The standard InChI is InChI=1S/C16H24FN3O2/c1-16(2,3)14(11-6-8-12(17)9-7-11)19-10-4-5-13(21)20-15(18)22/h6-9,14,19H,4-5,10H2,1-3H3,(H3,18,20,21,22). The summed E-state index contributed by atoms with van der Waals surface area (Å²) in [6.07, 6.45) is 0.795. The van der Waals surface area contributed by atoms with Crippen LogP contribution in [0.3, 0.4) is 0 Å². The second kappa shape index (κ2) is 7.89. The molecule has 0 saturated carbocycles. The highest BCUT2D eigenvalue weighted by Gasteiger charge is 2.25. The van der Waals surface area contributed by atoms with Crippen molar-refractivity contribution in [2.24, 2.45) is 11.1 Å². The summed E-state index contributed by atoms with van der Waals surface area (Å²) in [7, 11) is 0. The first-order valence-corrected chi connectivity index (χ1v) is 7.28. The molecule has 0 heterocycles. The molecule has 3 amide bonds. The number of carbonyl (C=O) groups is 2. The predicted octanol–water partition coefficient (Wildman–Crippen LogP) is 2.48. The lowest BCUT2D eigenvalue weighted by Crippen LogP contribution is -2.36. The molecule has 0 aliphatic carbocycles. The van der Waals surface area contributed by atoms with Gasteiger partial charge in [-0.1, -0.05) is 32.9 Å². The molecule has 5 nitrogen and oxygen atoms in total. The number of primary amides is 1. The number of nitrogens with two attached hydrogens (primary N) is 1. The van der Waals surface area contributed by atoms with Gasteiger partial charge in [-0.3, -0.25) is 10.1 Å². The minimum Gasteiger partial charge on any atom is -0.351 e. The number of urea groups is 1. The molecule has 0 radical (unpaired) electrons. The number of rotatable bonds is 6. The molecule has 0 aliphatic rings. The van der Waals surface area contributed by atoms with Crippen LogP contribution in [0.25, 0.3) is 0 Å². The van der Waals surface area contributed by atoms with Gasteiger partial charge < -0.3 is 11.1 Å². The van der Waals surface area contributed by atoms with Gasteiger partial charge in [0.25, 0.3) is 0 Å². The van der Waals surface area contributed by atoms with Gasteiger partial charge in [0.1, 0.15) is 5.82 Å². The van der Waals surface area contributed by atoms with Crippen molar-refractivity contribution < 1.29 is 14.0 Å². The molecule has 0 saturated heterocycles. The highest BCUT2D eigenvalue weighted by molar-refractivity contribution is 5.93. The lowest BCUT2D eigenvalue weighted by molar-refractivity contribution is -0.120. The van der Waals surface area contributed by atoms with E-state index in [1.165, 1.54) is 12.1 Å². The number of amides is 3. The largest absolute Gasteiger partial charge is 0.351 e. The summed E-state index contributed by atoms with van der Waals surface area (Å²) in [4.78, 5) is 21.9. The van der Waals surface area contributed by atoms with Gasteiger partial charge in [-0.2, -0.15) is 0 Å². The summed E-state index contributed by atoms with van der Waals surface area (Å²) in [6.45, 7) is 6.88. The molecular weight excluding hydrogens is 285 g/mol. The third-order valence-electron chi connectivity index (χ3n) is 3.26. The molecular formula is C16H24FN3O2. The Bertz CT molecular complexity index is 509. The van der Waals surface area contributed by atoms with Crippen LogP contribution in [0.1, 0.15) is 45.2 Å². The number of nitrogens with one attached hydrogen (secondary N) is 2. The van der Waals surface area contributed by atoms with Crippen LogP contribution in [-0.2, 0) is 4.79 Å². The summed E-state index contributed by atoms with van der Waals surface area (Å²) < 4.78 is 13.0. The SMILES string of the molecule is CC(C)(C)C(NCCCC(=O)NC(N)=O)c1ccc(F)cc1. The van der Waals surface area contributed by atoms with Crippen LogP contribution in [0, 0.1) is 11.2 Å². The molecule has 0 aliphatic heterocycles. The Labute approximate surface area is 130 Å². The van der Waals surface area contributed by atoms with Crippen LogP contribution in [-0.4, -0.2) is 18.5 Å². The molecule has 1 aromatic rings. The van der Waals surface area contributed by atoms with Gasteiger partial charge in [-0.25, -0.2) is 9.18 Å². The van der Waals surface area contributed by atoms with Gasteiger partial charge >= 0.3 is 6.03 Å². The first-order chi connectivity index (χ1) is 10.2. The van der Waals surface area contributed by atoms with Gasteiger partial charge in [0.05, 0.1) is 0 Å². The molecule has 1 aromatic carbocycles. The second-order valence-electron chi connectivity index (χ2n) is 6.32. The Morgan fingerprint density at radius 3 is 2.32 bits per heavy atom. The van der Waals surface area contributed by atoms with Gasteiger partial charge in [-0.15, -0.1) is 0 Å². The van der Waals surface area contributed by atoms with E-state index in [0.29, 0.717) is 13.0 Å². The van der Waals surface area contributed by atoms with Gasteiger partial charge in [-0.05, 0) is 36.1 Å². The molecule has 1 rings (SSSR count). The van der Waals surface area contributed by atoms with E-state index in [1.54, 1.807) is 12.1 Å². The normalized spacial score (nSPS) is 12.7. The van der Waals surface area contributed by atoms with Crippen LogP contribution in [0.4, 0.5) is 9.18 Å². The molecule has 0 spiro atoms. The fourth-order valence-corrected chi connectivity index (χ4v) is 2.27. The molecule has 1 unspecified atom stereocenters. The molecule has 6 heteroatoms. The van der Waals surface area contributed by atoms with E-state index in [2.05, 4.69) is 26.1 Å². The molecule has 0 fully saturated rings. The third kappa shape index (κ3) is 6.22. The van der Waals surface area contributed by atoms with E-state index in [4.69, 9.17) is 5.73 Å². The zero-order chi connectivity index (χ0) is 16.8. The summed E-state index contributed by atoms with van der Waals surface area (Å²) in [5.74, 6) is -0.650. The zero-order valence-electron chi connectivity index (χ0n) is 13.3. The smallest absolute Gasteiger partial charge is 0.318 e. The molecule has 122 valence electrons. The van der Waals surface area contributed by atoms with Crippen LogP contribution < -0.4 is 16.4 Å². The van der Waals surface area contributed by atoms with Crippen LogP contribution >= 0.6 is 0 Å². The number of halogens is 1. The quantitative estimate of drug-likeness (QED) is 0.706. The maximum absolute atomic E-state index is 13.0. The van der Waals surface area contributed by atoms with Crippen molar-refractivity contribution in [1.82, 2.24) is 10.6 Å². The molecule has 22 heavy (non-hydrogen) atoms. The van der Waals surface area contributed by atoms with Crippen LogP contribution in [0.5, 0.6) is 0 Å². The van der Waals surface area contributed by atoms with Crippen LogP contribution in [0.15, 0.2) is 24.3 Å². The van der Waals surface area contributed by atoms with Crippen molar-refractivity contribution >= 4 is 11.9 Å². The van der Waals surface area contributed by atoms with Crippen molar-refractivity contribution in [2.75, 3.05) is 6.54 Å². The van der Waals surface area contributed by atoms with E-state index in [-0.39, 0.29) is 29.6 Å². The van der Waals surface area contributed by atoms with Crippen LogP contribution in [0.2, 0.25) is 0 Å². The topological polar surface area (TPSA) is 84.2 Å². The summed E-state index contributed by atoms with van der Waals surface area (Å²) >= 11 is 0. The van der Waals surface area contributed by atoms with Crippen molar-refractivity contribution in [2.45, 2.75) is 39.7 Å². The van der Waals surface area contributed by atoms with Gasteiger partial charge in [0.2, 0.25) is 5.91 Å².